The SMILES string of the molecule is COc1cccc(OCC(O)CN2CCCC2)c1. The number of aliphatic hydroxyl groups is 1. The fraction of sp³-hybridized carbons (Fsp3) is 0.571. The van der Waals surface area contributed by atoms with Crippen molar-refractivity contribution in [2.75, 3.05) is 33.4 Å². The minimum Gasteiger partial charge on any atom is -0.497 e. The van der Waals surface area contributed by atoms with Gasteiger partial charge in [0.2, 0.25) is 0 Å². The van der Waals surface area contributed by atoms with Crippen LogP contribution in [0, 0.1) is 0 Å². The molecule has 1 aliphatic rings. The van der Waals surface area contributed by atoms with Crippen LogP contribution in [0.3, 0.4) is 0 Å². The van der Waals surface area contributed by atoms with Crippen molar-refractivity contribution in [2.45, 2.75) is 18.9 Å². The van der Waals surface area contributed by atoms with Crippen molar-refractivity contribution in [1.29, 1.82) is 0 Å². The number of rotatable bonds is 6. The molecule has 0 radical (unpaired) electrons. The lowest BCUT2D eigenvalue weighted by Crippen LogP contribution is -2.33. The van der Waals surface area contributed by atoms with E-state index in [1.807, 2.05) is 24.3 Å². The molecule has 1 aromatic carbocycles. The van der Waals surface area contributed by atoms with Gasteiger partial charge in [0.05, 0.1) is 7.11 Å². The van der Waals surface area contributed by atoms with Crippen molar-refractivity contribution < 1.29 is 14.6 Å². The Balaban J connectivity index is 1.75. The zero-order chi connectivity index (χ0) is 12.8. The Labute approximate surface area is 108 Å². The summed E-state index contributed by atoms with van der Waals surface area (Å²) in [5.41, 5.74) is 0. The number of β-amino-alcohol motifs (C(OH)–C–C–N with tert-alkyl or cyclic N) is 1. The third kappa shape index (κ3) is 3.89. The Morgan fingerprint density at radius 1 is 1.28 bits per heavy atom. The second-order valence-corrected chi connectivity index (χ2v) is 4.65. The van der Waals surface area contributed by atoms with Gasteiger partial charge in [0, 0.05) is 12.6 Å². The van der Waals surface area contributed by atoms with Gasteiger partial charge in [-0.2, -0.15) is 0 Å². The molecule has 1 heterocycles. The Morgan fingerprint density at radius 3 is 2.72 bits per heavy atom. The van der Waals surface area contributed by atoms with Crippen LogP contribution < -0.4 is 9.47 Å². The second-order valence-electron chi connectivity index (χ2n) is 4.65. The van der Waals surface area contributed by atoms with Crippen LogP contribution in [0.1, 0.15) is 12.8 Å². The fourth-order valence-corrected chi connectivity index (χ4v) is 2.20. The number of benzene rings is 1. The van der Waals surface area contributed by atoms with E-state index in [2.05, 4.69) is 4.90 Å². The third-order valence-corrected chi connectivity index (χ3v) is 3.15. The summed E-state index contributed by atoms with van der Waals surface area (Å²) in [6.07, 6.45) is 2.04. The van der Waals surface area contributed by atoms with Gasteiger partial charge in [-0.15, -0.1) is 0 Å². The molecule has 1 unspecified atom stereocenters. The Hall–Kier alpha value is -1.26. The zero-order valence-corrected chi connectivity index (χ0v) is 10.8. The van der Waals surface area contributed by atoms with E-state index >= 15 is 0 Å². The number of nitrogens with zero attached hydrogens (tertiary/aromatic N) is 1. The largest absolute Gasteiger partial charge is 0.497 e. The number of likely N-dealkylation sites (tertiary alicyclic amines) is 1. The predicted octanol–water partition coefficient (Wildman–Crippen LogP) is 1.53. The highest BCUT2D eigenvalue weighted by Crippen LogP contribution is 2.19. The molecular weight excluding hydrogens is 230 g/mol. The highest BCUT2D eigenvalue weighted by molar-refractivity contribution is 5.32. The lowest BCUT2D eigenvalue weighted by molar-refractivity contribution is 0.0757. The van der Waals surface area contributed by atoms with Gasteiger partial charge in [0.25, 0.3) is 0 Å². The molecule has 0 aromatic heterocycles. The van der Waals surface area contributed by atoms with Crippen LogP contribution in [0.15, 0.2) is 24.3 Å². The molecule has 0 aliphatic carbocycles. The molecule has 1 atom stereocenters. The van der Waals surface area contributed by atoms with Crippen LogP contribution in [-0.4, -0.2) is 49.5 Å². The van der Waals surface area contributed by atoms with Crippen molar-refractivity contribution in [3.8, 4) is 11.5 Å². The van der Waals surface area contributed by atoms with E-state index in [-0.39, 0.29) is 0 Å². The normalized spacial score (nSPS) is 17.7. The van der Waals surface area contributed by atoms with E-state index in [0.717, 1.165) is 24.6 Å². The summed E-state index contributed by atoms with van der Waals surface area (Å²) in [5, 5.41) is 9.90. The van der Waals surface area contributed by atoms with E-state index in [0.29, 0.717) is 13.2 Å². The standard InChI is InChI=1S/C14H21NO3/c1-17-13-5-4-6-14(9-13)18-11-12(16)10-15-7-2-3-8-15/h4-6,9,12,16H,2-3,7-8,10-11H2,1H3. The quantitative estimate of drug-likeness (QED) is 0.832. The van der Waals surface area contributed by atoms with Crippen molar-refractivity contribution in [1.82, 2.24) is 4.90 Å². The molecular formula is C14H21NO3. The van der Waals surface area contributed by atoms with Gasteiger partial charge in [-0.1, -0.05) is 6.07 Å². The van der Waals surface area contributed by atoms with Crippen molar-refractivity contribution in [2.24, 2.45) is 0 Å². The minimum atomic E-state index is -0.436. The molecule has 0 spiro atoms. The first-order chi connectivity index (χ1) is 8.78. The molecule has 2 rings (SSSR count). The number of methoxy groups -OCH3 is 1. The summed E-state index contributed by atoms with van der Waals surface area (Å²) in [6.45, 7) is 3.21. The summed E-state index contributed by atoms with van der Waals surface area (Å²) >= 11 is 0. The van der Waals surface area contributed by atoms with Crippen molar-refractivity contribution in [3.63, 3.8) is 0 Å². The van der Waals surface area contributed by atoms with Gasteiger partial charge < -0.3 is 19.5 Å². The summed E-state index contributed by atoms with van der Waals surface area (Å²) in [6, 6.07) is 7.43. The molecule has 100 valence electrons. The average Bonchev–Trinajstić information content (AvgIpc) is 2.89. The molecule has 1 saturated heterocycles. The summed E-state index contributed by atoms with van der Waals surface area (Å²) in [5.74, 6) is 1.50. The van der Waals surface area contributed by atoms with Crippen molar-refractivity contribution >= 4 is 0 Å². The molecule has 1 fully saturated rings. The molecule has 1 N–H and O–H groups in total. The summed E-state index contributed by atoms with van der Waals surface area (Å²) in [7, 11) is 1.63. The van der Waals surface area contributed by atoms with E-state index in [1.165, 1.54) is 12.8 Å². The summed E-state index contributed by atoms with van der Waals surface area (Å²) in [4.78, 5) is 2.28. The average molecular weight is 251 g/mol. The number of hydrogen-bond donors (Lipinski definition) is 1. The van der Waals surface area contributed by atoms with Gasteiger partial charge in [0.15, 0.2) is 0 Å². The first kappa shape index (κ1) is 13.2. The van der Waals surface area contributed by atoms with E-state index in [1.54, 1.807) is 7.11 Å². The van der Waals surface area contributed by atoms with Gasteiger partial charge in [-0.05, 0) is 38.1 Å². The van der Waals surface area contributed by atoms with Crippen molar-refractivity contribution in [3.05, 3.63) is 24.3 Å². The van der Waals surface area contributed by atoms with Crippen LogP contribution in [0.4, 0.5) is 0 Å². The van der Waals surface area contributed by atoms with Gasteiger partial charge in [0.1, 0.15) is 24.2 Å². The number of hydrogen-bond acceptors (Lipinski definition) is 4. The highest BCUT2D eigenvalue weighted by atomic mass is 16.5. The lowest BCUT2D eigenvalue weighted by Gasteiger charge is -2.19. The van der Waals surface area contributed by atoms with Crippen LogP contribution in [0.2, 0.25) is 0 Å². The van der Waals surface area contributed by atoms with Crippen LogP contribution in [0.25, 0.3) is 0 Å². The van der Waals surface area contributed by atoms with Gasteiger partial charge in [-0.25, -0.2) is 0 Å². The second kappa shape index (κ2) is 6.61. The van der Waals surface area contributed by atoms with Crippen LogP contribution >= 0.6 is 0 Å². The molecule has 4 heteroatoms. The first-order valence-electron chi connectivity index (χ1n) is 6.45. The smallest absolute Gasteiger partial charge is 0.123 e. The third-order valence-electron chi connectivity index (χ3n) is 3.15. The molecule has 1 aromatic rings. The maximum atomic E-state index is 9.90. The minimum absolute atomic E-state index is 0.323. The maximum Gasteiger partial charge on any atom is 0.123 e. The molecule has 4 nitrogen and oxygen atoms in total. The molecule has 0 bridgehead atoms. The molecule has 0 saturated carbocycles. The lowest BCUT2D eigenvalue weighted by atomic mass is 10.3. The highest BCUT2D eigenvalue weighted by Gasteiger charge is 2.16. The van der Waals surface area contributed by atoms with E-state index in [9.17, 15) is 5.11 Å². The maximum absolute atomic E-state index is 9.90. The number of ether oxygens (including phenoxy) is 2. The monoisotopic (exact) mass is 251 g/mol. The Kier molecular flexibility index (Phi) is 4.84. The predicted molar refractivity (Wildman–Crippen MR) is 70.2 cm³/mol. The van der Waals surface area contributed by atoms with Crippen LogP contribution in [0.5, 0.6) is 11.5 Å². The first-order valence-corrected chi connectivity index (χ1v) is 6.45. The van der Waals surface area contributed by atoms with Gasteiger partial charge in [-0.3, -0.25) is 0 Å². The fourth-order valence-electron chi connectivity index (χ4n) is 2.20. The topological polar surface area (TPSA) is 41.9 Å². The van der Waals surface area contributed by atoms with Gasteiger partial charge >= 0.3 is 0 Å². The summed E-state index contributed by atoms with van der Waals surface area (Å²) < 4.78 is 10.7. The molecule has 1 aliphatic heterocycles. The molecule has 18 heavy (non-hydrogen) atoms. The van der Waals surface area contributed by atoms with E-state index < -0.39 is 6.10 Å². The Morgan fingerprint density at radius 2 is 2.00 bits per heavy atom. The van der Waals surface area contributed by atoms with Crippen LogP contribution in [-0.2, 0) is 0 Å². The molecule has 0 amide bonds. The van der Waals surface area contributed by atoms with E-state index in [4.69, 9.17) is 9.47 Å². The Bertz CT molecular complexity index is 364. The zero-order valence-electron chi connectivity index (χ0n) is 10.8. The number of aliphatic hydroxyl groups excluding tert-OH is 1.